The van der Waals surface area contributed by atoms with Crippen LogP contribution in [0, 0.1) is 6.92 Å². The van der Waals surface area contributed by atoms with Gasteiger partial charge in [0, 0.05) is 32.2 Å². The predicted octanol–water partition coefficient (Wildman–Crippen LogP) is 0.718. The fraction of sp³-hybridized carbons (Fsp3) is 0.769. The Morgan fingerprint density at radius 1 is 1.33 bits per heavy atom. The zero-order valence-corrected chi connectivity index (χ0v) is 12.0. The van der Waals surface area contributed by atoms with E-state index in [1.807, 2.05) is 18.7 Å². The molecule has 0 saturated carbocycles. The van der Waals surface area contributed by atoms with E-state index in [0.29, 0.717) is 12.6 Å². The zero-order chi connectivity index (χ0) is 13.3. The predicted molar refractivity (Wildman–Crippen MR) is 74.8 cm³/mol. The first-order chi connectivity index (χ1) is 8.54. The summed E-state index contributed by atoms with van der Waals surface area (Å²) in [5.41, 5.74) is 8.10. The molecule has 1 aromatic rings. The van der Waals surface area contributed by atoms with Gasteiger partial charge in [0.15, 0.2) is 0 Å². The lowest BCUT2D eigenvalue weighted by molar-refractivity contribution is 0.252. The van der Waals surface area contributed by atoms with Crippen LogP contribution in [0.2, 0.25) is 0 Å². The largest absolute Gasteiger partial charge is 0.357 e. The Balaban J connectivity index is 2.20. The lowest BCUT2D eigenvalue weighted by atomic mass is 10.0. The van der Waals surface area contributed by atoms with Crippen LogP contribution in [-0.2, 0) is 13.6 Å². The minimum Gasteiger partial charge on any atom is -0.357 e. The first kappa shape index (κ1) is 13.4. The van der Waals surface area contributed by atoms with E-state index in [1.165, 1.54) is 37.3 Å². The molecular formula is C13H25N5. The van der Waals surface area contributed by atoms with E-state index in [0.717, 1.165) is 5.69 Å². The van der Waals surface area contributed by atoms with Crippen LogP contribution >= 0.6 is 0 Å². The summed E-state index contributed by atoms with van der Waals surface area (Å²) in [6.45, 7) is 4.94. The van der Waals surface area contributed by atoms with Gasteiger partial charge in [-0.25, -0.2) is 0 Å². The third-order valence-corrected chi connectivity index (χ3v) is 4.09. The van der Waals surface area contributed by atoms with Crippen LogP contribution in [0.4, 0.5) is 5.82 Å². The Bertz CT molecular complexity index is 404. The fourth-order valence-electron chi connectivity index (χ4n) is 2.93. The summed E-state index contributed by atoms with van der Waals surface area (Å²) in [6, 6.07) is 0.598. The summed E-state index contributed by atoms with van der Waals surface area (Å²) >= 11 is 0. The molecule has 0 atom stereocenters. The van der Waals surface area contributed by atoms with Crippen LogP contribution in [0.25, 0.3) is 0 Å². The van der Waals surface area contributed by atoms with Crippen molar-refractivity contribution in [3.8, 4) is 0 Å². The number of anilines is 1. The van der Waals surface area contributed by atoms with Gasteiger partial charge in [-0.2, -0.15) is 5.10 Å². The summed E-state index contributed by atoms with van der Waals surface area (Å²) < 4.78 is 1.97. The maximum absolute atomic E-state index is 5.87. The van der Waals surface area contributed by atoms with Crippen molar-refractivity contribution in [3.63, 3.8) is 0 Å². The quantitative estimate of drug-likeness (QED) is 0.860. The normalized spacial score (nSPS) is 18.3. The molecule has 0 amide bonds. The number of nitrogens with zero attached hydrogens (tertiary/aromatic N) is 4. The molecule has 5 heteroatoms. The number of aromatic nitrogens is 2. The second kappa shape index (κ2) is 5.28. The molecule has 0 aromatic carbocycles. The van der Waals surface area contributed by atoms with Crippen LogP contribution in [0.1, 0.15) is 24.1 Å². The molecule has 2 rings (SSSR count). The maximum Gasteiger partial charge on any atom is 0.131 e. The SMILES string of the molecule is Cc1nn(C)c(N(C)C2CCN(C)CC2)c1CN. The molecule has 0 unspecified atom stereocenters. The molecule has 102 valence electrons. The van der Waals surface area contributed by atoms with Gasteiger partial charge in [-0.3, -0.25) is 4.68 Å². The van der Waals surface area contributed by atoms with Gasteiger partial charge >= 0.3 is 0 Å². The van der Waals surface area contributed by atoms with E-state index in [9.17, 15) is 0 Å². The first-order valence-corrected chi connectivity index (χ1v) is 6.68. The molecule has 1 aromatic heterocycles. The highest BCUT2D eigenvalue weighted by molar-refractivity contribution is 5.50. The molecular weight excluding hydrogens is 226 g/mol. The van der Waals surface area contributed by atoms with Gasteiger partial charge in [-0.15, -0.1) is 0 Å². The van der Waals surface area contributed by atoms with Gasteiger partial charge in [0.2, 0.25) is 0 Å². The van der Waals surface area contributed by atoms with Crippen molar-refractivity contribution in [2.75, 3.05) is 32.1 Å². The highest BCUT2D eigenvalue weighted by Gasteiger charge is 2.25. The molecule has 0 spiro atoms. The minimum atomic E-state index is 0.561. The molecule has 0 aliphatic carbocycles. The van der Waals surface area contributed by atoms with Crippen molar-refractivity contribution in [3.05, 3.63) is 11.3 Å². The van der Waals surface area contributed by atoms with Crippen molar-refractivity contribution < 1.29 is 0 Å². The van der Waals surface area contributed by atoms with Gasteiger partial charge in [0.05, 0.1) is 5.69 Å². The lowest BCUT2D eigenvalue weighted by Gasteiger charge is -2.36. The van der Waals surface area contributed by atoms with E-state index in [2.05, 4.69) is 29.0 Å². The van der Waals surface area contributed by atoms with Crippen molar-refractivity contribution in [1.82, 2.24) is 14.7 Å². The van der Waals surface area contributed by atoms with Gasteiger partial charge in [0.1, 0.15) is 5.82 Å². The second-order valence-corrected chi connectivity index (χ2v) is 5.36. The van der Waals surface area contributed by atoms with E-state index in [1.54, 1.807) is 0 Å². The van der Waals surface area contributed by atoms with Crippen molar-refractivity contribution in [2.24, 2.45) is 12.8 Å². The summed E-state index contributed by atoms with van der Waals surface area (Å²) in [7, 11) is 6.37. The number of nitrogens with two attached hydrogens (primary N) is 1. The van der Waals surface area contributed by atoms with Gasteiger partial charge < -0.3 is 15.5 Å². The Kier molecular flexibility index (Phi) is 3.92. The molecule has 0 bridgehead atoms. The van der Waals surface area contributed by atoms with Crippen molar-refractivity contribution >= 4 is 5.82 Å². The minimum absolute atomic E-state index is 0.561. The molecule has 1 aliphatic rings. The Labute approximate surface area is 110 Å². The maximum atomic E-state index is 5.87. The highest BCUT2D eigenvalue weighted by atomic mass is 15.4. The average molecular weight is 251 g/mol. The molecule has 1 aliphatic heterocycles. The van der Waals surface area contributed by atoms with Crippen LogP contribution in [0.15, 0.2) is 0 Å². The number of rotatable bonds is 3. The van der Waals surface area contributed by atoms with E-state index < -0.39 is 0 Å². The first-order valence-electron chi connectivity index (χ1n) is 6.68. The Morgan fingerprint density at radius 3 is 2.50 bits per heavy atom. The number of likely N-dealkylation sites (tertiary alicyclic amines) is 1. The lowest BCUT2D eigenvalue weighted by Crippen LogP contribution is -2.43. The van der Waals surface area contributed by atoms with Gasteiger partial charge in [-0.1, -0.05) is 0 Å². The van der Waals surface area contributed by atoms with Crippen LogP contribution < -0.4 is 10.6 Å². The number of piperidine rings is 1. The van der Waals surface area contributed by atoms with Crippen LogP contribution in [0.5, 0.6) is 0 Å². The van der Waals surface area contributed by atoms with Crippen LogP contribution in [0.3, 0.4) is 0 Å². The standard InChI is InChI=1S/C13H25N5/c1-10-12(9-14)13(18(4)15-10)17(3)11-5-7-16(2)8-6-11/h11H,5-9,14H2,1-4H3. The van der Waals surface area contributed by atoms with E-state index >= 15 is 0 Å². The summed E-state index contributed by atoms with van der Waals surface area (Å²) in [6.07, 6.45) is 2.42. The number of hydrogen-bond donors (Lipinski definition) is 1. The third kappa shape index (κ3) is 2.37. The van der Waals surface area contributed by atoms with Crippen molar-refractivity contribution in [1.29, 1.82) is 0 Å². The Hall–Kier alpha value is -1.07. The number of hydrogen-bond acceptors (Lipinski definition) is 4. The monoisotopic (exact) mass is 251 g/mol. The average Bonchev–Trinajstić information content (AvgIpc) is 2.63. The fourth-order valence-corrected chi connectivity index (χ4v) is 2.93. The summed E-state index contributed by atoms with van der Waals surface area (Å²) in [5.74, 6) is 1.18. The summed E-state index contributed by atoms with van der Waals surface area (Å²) in [5, 5.41) is 4.50. The topological polar surface area (TPSA) is 50.3 Å². The van der Waals surface area contributed by atoms with E-state index in [4.69, 9.17) is 5.73 Å². The molecule has 2 heterocycles. The zero-order valence-electron chi connectivity index (χ0n) is 12.0. The van der Waals surface area contributed by atoms with Crippen LogP contribution in [-0.4, -0.2) is 47.9 Å². The molecule has 1 saturated heterocycles. The molecule has 5 nitrogen and oxygen atoms in total. The Morgan fingerprint density at radius 2 is 1.94 bits per heavy atom. The molecule has 2 N–H and O–H groups in total. The van der Waals surface area contributed by atoms with E-state index in [-0.39, 0.29) is 0 Å². The van der Waals surface area contributed by atoms with Gasteiger partial charge in [0.25, 0.3) is 0 Å². The number of aryl methyl sites for hydroxylation is 2. The highest BCUT2D eigenvalue weighted by Crippen LogP contribution is 2.26. The molecule has 18 heavy (non-hydrogen) atoms. The molecule has 0 radical (unpaired) electrons. The third-order valence-electron chi connectivity index (χ3n) is 4.09. The second-order valence-electron chi connectivity index (χ2n) is 5.36. The smallest absolute Gasteiger partial charge is 0.131 e. The van der Waals surface area contributed by atoms with Crippen molar-refractivity contribution in [2.45, 2.75) is 32.4 Å². The van der Waals surface area contributed by atoms with Gasteiger partial charge in [-0.05, 0) is 39.9 Å². The summed E-state index contributed by atoms with van der Waals surface area (Å²) in [4.78, 5) is 4.76. The molecule has 1 fully saturated rings.